The number of aryl methyl sites for hydroxylation is 1. The molecule has 2 aromatic rings. The highest BCUT2D eigenvalue weighted by Gasteiger charge is 2.02. The molecule has 0 saturated carbocycles. The number of amides is 1. The van der Waals surface area contributed by atoms with Crippen molar-refractivity contribution >= 4 is 12.1 Å². The van der Waals surface area contributed by atoms with Crippen LogP contribution in [-0.4, -0.2) is 23.8 Å². The number of phenols is 1. The second-order valence-corrected chi connectivity index (χ2v) is 4.64. The van der Waals surface area contributed by atoms with Crippen LogP contribution in [0.4, 0.5) is 0 Å². The number of rotatable bonds is 6. The molecular formula is C17H18N2O3. The number of phenolic OH excluding ortho intramolecular Hbond substituents is 1. The minimum absolute atomic E-state index is 0.104. The summed E-state index contributed by atoms with van der Waals surface area (Å²) in [5.41, 5.74) is 4.08. The zero-order chi connectivity index (χ0) is 15.8. The van der Waals surface area contributed by atoms with E-state index in [0.29, 0.717) is 11.3 Å². The van der Waals surface area contributed by atoms with Crippen LogP contribution < -0.4 is 10.2 Å². The summed E-state index contributed by atoms with van der Waals surface area (Å²) in [5, 5.41) is 13.3. The van der Waals surface area contributed by atoms with E-state index in [2.05, 4.69) is 17.5 Å². The molecule has 5 nitrogen and oxygen atoms in total. The topological polar surface area (TPSA) is 70.9 Å². The molecule has 2 rings (SSSR count). The average molecular weight is 298 g/mol. The molecule has 0 aliphatic rings. The fourth-order valence-corrected chi connectivity index (χ4v) is 1.77. The van der Waals surface area contributed by atoms with Crippen molar-refractivity contribution in [3.05, 3.63) is 59.7 Å². The molecule has 0 heterocycles. The van der Waals surface area contributed by atoms with Crippen LogP contribution in [0.3, 0.4) is 0 Å². The number of hydrogen-bond acceptors (Lipinski definition) is 4. The van der Waals surface area contributed by atoms with E-state index < -0.39 is 0 Å². The van der Waals surface area contributed by atoms with Gasteiger partial charge >= 0.3 is 0 Å². The Morgan fingerprint density at radius 1 is 1.23 bits per heavy atom. The molecule has 2 N–H and O–H groups in total. The molecule has 1 amide bonds. The van der Waals surface area contributed by atoms with Gasteiger partial charge in [-0.1, -0.05) is 31.2 Å². The van der Waals surface area contributed by atoms with Gasteiger partial charge in [-0.25, -0.2) is 5.43 Å². The summed E-state index contributed by atoms with van der Waals surface area (Å²) in [7, 11) is 0. The van der Waals surface area contributed by atoms with Crippen molar-refractivity contribution in [3.63, 3.8) is 0 Å². The van der Waals surface area contributed by atoms with Crippen molar-refractivity contribution in [1.29, 1.82) is 0 Å². The summed E-state index contributed by atoms with van der Waals surface area (Å²) in [6.07, 6.45) is 2.34. The number of hydrogen-bond donors (Lipinski definition) is 2. The number of ether oxygens (including phenoxy) is 1. The van der Waals surface area contributed by atoms with Gasteiger partial charge in [0.25, 0.3) is 5.91 Å². The molecule has 114 valence electrons. The van der Waals surface area contributed by atoms with Crippen molar-refractivity contribution < 1.29 is 14.6 Å². The van der Waals surface area contributed by atoms with Gasteiger partial charge in [0.2, 0.25) is 0 Å². The van der Waals surface area contributed by atoms with Crippen molar-refractivity contribution in [2.24, 2.45) is 5.10 Å². The average Bonchev–Trinajstić information content (AvgIpc) is 2.55. The Labute approximate surface area is 129 Å². The molecule has 0 aliphatic carbocycles. The van der Waals surface area contributed by atoms with Crippen LogP contribution in [0, 0.1) is 0 Å². The van der Waals surface area contributed by atoms with Gasteiger partial charge in [-0.3, -0.25) is 4.79 Å². The van der Waals surface area contributed by atoms with Gasteiger partial charge in [-0.2, -0.15) is 5.10 Å². The molecule has 0 spiro atoms. The van der Waals surface area contributed by atoms with Crippen molar-refractivity contribution in [2.45, 2.75) is 13.3 Å². The van der Waals surface area contributed by atoms with E-state index in [1.165, 1.54) is 11.8 Å². The maximum absolute atomic E-state index is 11.6. The quantitative estimate of drug-likeness (QED) is 0.636. The van der Waals surface area contributed by atoms with Gasteiger partial charge in [0.1, 0.15) is 11.5 Å². The number of nitrogens with zero attached hydrogens (tertiary/aromatic N) is 1. The Kier molecular flexibility index (Phi) is 5.54. The number of carbonyl (C=O) groups is 1. The lowest BCUT2D eigenvalue weighted by atomic mass is 10.2. The van der Waals surface area contributed by atoms with E-state index >= 15 is 0 Å². The SMILES string of the molecule is CCc1ccc(OCC(=O)NN=Cc2ccccc2O)cc1. The van der Waals surface area contributed by atoms with Crippen molar-refractivity contribution in [2.75, 3.05) is 6.61 Å². The van der Waals surface area contributed by atoms with Crippen LogP contribution in [0.5, 0.6) is 11.5 Å². The smallest absolute Gasteiger partial charge is 0.277 e. The summed E-state index contributed by atoms with van der Waals surface area (Å²) in [6.45, 7) is 1.95. The molecular weight excluding hydrogens is 280 g/mol. The molecule has 0 radical (unpaired) electrons. The van der Waals surface area contributed by atoms with Gasteiger partial charge in [0.05, 0.1) is 6.21 Å². The number of benzene rings is 2. The number of para-hydroxylation sites is 1. The van der Waals surface area contributed by atoms with Crippen LogP contribution >= 0.6 is 0 Å². The monoisotopic (exact) mass is 298 g/mol. The van der Waals surface area contributed by atoms with Crippen LogP contribution in [0.1, 0.15) is 18.1 Å². The van der Waals surface area contributed by atoms with E-state index in [-0.39, 0.29) is 18.3 Å². The first-order valence-corrected chi connectivity index (χ1v) is 7.00. The molecule has 22 heavy (non-hydrogen) atoms. The van der Waals surface area contributed by atoms with E-state index in [1.54, 1.807) is 24.3 Å². The van der Waals surface area contributed by atoms with Crippen molar-refractivity contribution in [1.82, 2.24) is 5.43 Å². The maximum atomic E-state index is 11.6. The highest BCUT2D eigenvalue weighted by atomic mass is 16.5. The third-order valence-corrected chi connectivity index (χ3v) is 3.03. The minimum atomic E-state index is -0.369. The molecule has 0 saturated heterocycles. The number of nitrogens with one attached hydrogen (secondary N) is 1. The second kappa shape index (κ2) is 7.83. The van der Waals surface area contributed by atoms with Crippen LogP contribution in [0.2, 0.25) is 0 Å². The summed E-state index contributed by atoms with van der Waals surface area (Å²) < 4.78 is 5.36. The molecule has 0 fully saturated rings. The largest absolute Gasteiger partial charge is 0.507 e. The van der Waals surface area contributed by atoms with Gasteiger partial charge < -0.3 is 9.84 Å². The Hall–Kier alpha value is -2.82. The van der Waals surface area contributed by atoms with Crippen LogP contribution in [0.15, 0.2) is 53.6 Å². The fraction of sp³-hybridized carbons (Fsp3) is 0.176. The van der Waals surface area contributed by atoms with E-state index in [9.17, 15) is 9.90 Å². The zero-order valence-electron chi connectivity index (χ0n) is 12.3. The third kappa shape index (κ3) is 4.63. The lowest BCUT2D eigenvalue weighted by Crippen LogP contribution is -2.24. The summed E-state index contributed by atoms with van der Waals surface area (Å²) >= 11 is 0. The number of hydrazone groups is 1. The third-order valence-electron chi connectivity index (χ3n) is 3.03. The first kappa shape index (κ1) is 15.6. The second-order valence-electron chi connectivity index (χ2n) is 4.64. The van der Waals surface area contributed by atoms with Gasteiger partial charge in [0.15, 0.2) is 6.61 Å². The molecule has 0 aromatic heterocycles. The fourth-order valence-electron chi connectivity index (χ4n) is 1.77. The first-order valence-electron chi connectivity index (χ1n) is 7.00. The van der Waals surface area contributed by atoms with Crippen molar-refractivity contribution in [3.8, 4) is 11.5 Å². The predicted octanol–water partition coefficient (Wildman–Crippen LogP) is 2.48. The standard InChI is InChI=1S/C17H18N2O3/c1-2-13-7-9-15(10-8-13)22-12-17(21)19-18-11-14-5-3-4-6-16(14)20/h3-11,20H,2,12H2,1H3,(H,19,21). The molecule has 2 aromatic carbocycles. The Balaban J connectivity index is 1.79. The highest BCUT2D eigenvalue weighted by Crippen LogP contribution is 2.13. The Morgan fingerprint density at radius 2 is 1.95 bits per heavy atom. The Morgan fingerprint density at radius 3 is 2.64 bits per heavy atom. The normalized spacial score (nSPS) is 10.6. The van der Waals surface area contributed by atoms with Crippen LogP contribution in [-0.2, 0) is 11.2 Å². The maximum Gasteiger partial charge on any atom is 0.277 e. The molecule has 0 aliphatic heterocycles. The number of carbonyl (C=O) groups excluding carboxylic acids is 1. The predicted molar refractivity (Wildman–Crippen MR) is 85.2 cm³/mol. The van der Waals surface area contributed by atoms with E-state index in [0.717, 1.165) is 6.42 Å². The molecule has 0 unspecified atom stereocenters. The zero-order valence-corrected chi connectivity index (χ0v) is 12.3. The van der Waals surface area contributed by atoms with Crippen LogP contribution in [0.25, 0.3) is 0 Å². The molecule has 0 atom stereocenters. The minimum Gasteiger partial charge on any atom is -0.507 e. The highest BCUT2D eigenvalue weighted by molar-refractivity contribution is 5.85. The van der Waals surface area contributed by atoms with E-state index in [4.69, 9.17) is 4.74 Å². The number of aromatic hydroxyl groups is 1. The van der Waals surface area contributed by atoms with Gasteiger partial charge in [-0.15, -0.1) is 0 Å². The Bertz CT molecular complexity index is 651. The lowest BCUT2D eigenvalue weighted by molar-refractivity contribution is -0.123. The summed E-state index contributed by atoms with van der Waals surface area (Å²) in [5.74, 6) is 0.371. The van der Waals surface area contributed by atoms with Gasteiger partial charge in [0, 0.05) is 5.56 Å². The van der Waals surface area contributed by atoms with Gasteiger partial charge in [-0.05, 0) is 36.2 Å². The van der Waals surface area contributed by atoms with E-state index in [1.807, 2.05) is 24.3 Å². The first-order chi connectivity index (χ1) is 10.7. The summed E-state index contributed by atoms with van der Waals surface area (Å²) in [4.78, 5) is 11.6. The summed E-state index contributed by atoms with van der Waals surface area (Å²) in [6, 6.07) is 14.3. The lowest BCUT2D eigenvalue weighted by Gasteiger charge is -2.05. The molecule has 0 bridgehead atoms. The molecule has 5 heteroatoms.